The van der Waals surface area contributed by atoms with Crippen molar-refractivity contribution in [2.75, 3.05) is 33.0 Å². The molecular weight excluding hydrogens is 617 g/mol. The number of aliphatic hydroxyl groups is 1. The number of β-amino-alcohol motifs (C(OH)–C–C–N with tert-alkyl or cyclic N) is 1. The van der Waals surface area contributed by atoms with Gasteiger partial charge >= 0.3 is 0 Å². The highest BCUT2D eigenvalue weighted by Crippen LogP contribution is 2.39. The Hall–Kier alpha value is -3.08. The number of hydrogen-bond acceptors (Lipinski definition) is 7. The molecule has 1 saturated heterocycles. The molecule has 0 aromatic heterocycles. The Morgan fingerprint density at radius 1 is 0.979 bits per heavy atom. The Morgan fingerprint density at radius 2 is 1.55 bits per heavy atom. The second kappa shape index (κ2) is 15.9. The molecule has 1 aliphatic heterocycles. The number of amides is 1. The van der Waals surface area contributed by atoms with Crippen LogP contribution in [0.1, 0.15) is 81.2 Å². The van der Waals surface area contributed by atoms with Gasteiger partial charge in [0.05, 0.1) is 25.7 Å². The molecule has 1 aliphatic rings. The molecule has 0 spiro atoms. The fourth-order valence-corrected chi connectivity index (χ4v) is 6.83. The Kier molecular flexibility index (Phi) is 12.4. The maximum atomic E-state index is 13.6. The van der Waals surface area contributed by atoms with Crippen LogP contribution < -0.4 is 20.7 Å². The minimum Gasteiger partial charge on any atom is -0.756 e. The summed E-state index contributed by atoms with van der Waals surface area (Å²) < 4.78 is 22.2. The molecule has 1 amide bonds. The maximum absolute atomic E-state index is 13.6. The Morgan fingerprint density at radius 3 is 2.06 bits per heavy atom. The Balaban J connectivity index is 1.74. The van der Waals surface area contributed by atoms with E-state index < -0.39 is 32.0 Å². The van der Waals surface area contributed by atoms with Gasteiger partial charge in [0.2, 0.25) is 5.91 Å². The van der Waals surface area contributed by atoms with Crippen LogP contribution in [0.25, 0.3) is 0 Å². The van der Waals surface area contributed by atoms with Gasteiger partial charge in [-0.2, -0.15) is 0 Å². The minimum atomic E-state index is -4.99. The number of ether oxygens (including phenoxy) is 1. The number of phosphoric acid groups is 1. The van der Waals surface area contributed by atoms with Crippen molar-refractivity contribution in [1.29, 1.82) is 0 Å². The first kappa shape index (κ1) is 36.8. The van der Waals surface area contributed by atoms with Gasteiger partial charge in [-0.15, -0.1) is 0 Å². The summed E-state index contributed by atoms with van der Waals surface area (Å²) in [7, 11) is -4.99. The quantitative estimate of drug-likeness (QED) is 0.104. The second-order valence-corrected chi connectivity index (χ2v) is 14.9. The molecule has 0 bridgehead atoms. The third kappa shape index (κ3) is 10.2. The second-order valence-electron chi connectivity index (χ2n) is 13.7. The average molecular weight is 668 g/mol. The Labute approximate surface area is 278 Å². The largest absolute Gasteiger partial charge is 0.756 e. The first-order chi connectivity index (χ1) is 22.2. The number of carbonyl (C=O) groups excluding carboxylic acids is 1. The van der Waals surface area contributed by atoms with Crippen molar-refractivity contribution in [3.8, 4) is 5.75 Å². The molecule has 3 aromatic rings. The third-order valence-electron chi connectivity index (χ3n) is 9.16. The molecule has 2 unspecified atom stereocenters. The highest BCUT2D eigenvalue weighted by atomic mass is 31.2. The Bertz CT molecular complexity index is 1440. The van der Waals surface area contributed by atoms with Gasteiger partial charge in [-0.25, -0.2) is 0 Å². The minimum absolute atomic E-state index is 0.188. The van der Waals surface area contributed by atoms with E-state index >= 15 is 0 Å². The molecule has 47 heavy (non-hydrogen) atoms. The van der Waals surface area contributed by atoms with E-state index in [1.165, 1.54) is 0 Å². The molecule has 4 rings (SSSR count). The van der Waals surface area contributed by atoms with Gasteiger partial charge in [-0.3, -0.25) is 13.9 Å². The number of aliphatic hydroxyl groups excluding tert-OH is 1. The van der Waals surface area contributed by atoms with Crippen LogP contribution in [0.2, 0.25) is 0 Å². The standard InChI is InChI=1S/C36H50N3O7P/c1-35(2,3)38-25-32(40)28-18-19-33(45-27-46-47(42,43)44)29(24-28)26-39(21-12-4-5-13-22-39)23-20-36(34(37)41,30-14-8-6-9-15-30)31-16-10-7-11-17-31/h6-11,14-19,24,32,38,40H,4-5,12-13,20-23,25-27H2,1-3H3,(H3-,37,41,42,43,44). The van der Waals surface area contributed by atoms with E-state index in [1.807, 2.05) is 87.5 Å². The zero-order valence-corrected chi connectivity index (χ0v) is 28.7. The highest BCUT2D eigenvalue weighted by Gasteiger charge is 2.43. The van der Waals surface area contributed by atoms with Gasteiger partial charge in [0.1, 0.15) is 17.7 Å². The number of nitrogens with one attached hydrogen (secondary N) is 1. The molecule has 5 N–H and O–H groups in total. The van der Waals surface area contributed by atoms with Gasteiger partial charge in [-0.1, -0.05) is 66.7 Å². The molecule has 10 nitrogen and oxygen atoms in total. The van der Waals surface area contributed by atoms with Gasteiger partial charge in [0, 0.05) is 24.1 Å². The van der Waals surface area contributed by atoms with Crippen LogP contribution >= 0.6 is 7.82 Å². The smallest absolute Gasteiger partial charge is 0.268 e. The monoisotopic (exact) mass is 667 g/mol. The summed E-state index contributed by atoms with van der Waals surface area (Å²) in [6.45, 7) is 8.60. The van der Waals surface area contributed by atoms with E-state index in [-0.39, 0.29) is 5.54 Å². The van der Waals surface area contributed by atoms with Crippen LogP contribution in [0.15, 0.2) is 78.9 Å². The van der Waals surface area contributed by atoms with Crippen LogP contribution in [0.5, 0.6) is 5.75 Å². The number of benzene rings is 3. The first-order valence-electron chi connectivity index (χ1n) is 16.4. The third-order valence-corrected chi connectivity index (χ3v) is 9.59. The van der Waals surface area contributed by atoms with Crippen molar-refractivity contribution in [1.82, 2.24) is 5.32 Å². The molecule has 0 saturated carbocycles. The molecule has 2 atom stereocenters. The van der Waals surface area contributed by atoms with E-state index in [1.54, 1.807) is 12.1 Å². The van der Waals surface area contributed by atoms with Gasteiger partial charge in [0.25, 0.3) is 7.82 Å². The number of nitrogens with zero attached hydrogens (tertiary/aromatic N) is 1. The van der Waals surface area contributed by atoms with Crippen LogP contribution in [-0.2, 0) is 25.8 Å². The fraction of sp³-hybridized carbons (Fsp3) is 0.472. The number of likely N-dealkylation sites (tertiary alicyclic amines) is 1. The summed E-state index contributed by atoms with van der Waals surface area (Å²) in [6.07, 6.45) is 3.87. The number of carbonyl (C=O) groups is 1. The summed E-state index contributed by atoms with van der Waals surface area (Å²) in [6, 6.07) is 24.8. The normalized spacial score (nSPS) is 17.3. The molecule has 0 aliphatic carbocycles. The lowest BCUT2D eigenvalue weighted by Gasteiger charge is -2.42. The van der Waals surface area contributed by atoms with E-state index in [2.05, 4.69) is 9.84 Å². The molecule has 0 radical (unpaired) electrons. The van der Waals surface area contributed by atoms with Crippen LogP contribution in [0.3, 0.4) is 0 Å². The van der Waals surface area contributed by atoms with E-state index in [9.17, 15) is 19.4 Å². The van der Waals surface area contributed by atoms with Crippen LogP contribution in [0.4, 0.5) is 0 Å². The first-order valence-corrected chi connectivity index (χ1v) is 17.9. The SMILES string of the molecule is CC(C)(C)NCC(O)c1ccc(OCOP(=O)([O-])O)c(C[N+]2(CCC(C(N)=O)(c3ccccc3)c3ccccc3)CCCCCC2)c1. The molecule has 3 aromatic carbocycles. The summed E-state index contributed by atoms with van der Waals surface area (Å²) in [5.74, 6) is -0.0150. The van der Waals surface area contributed by atoms with E-state index in [0.717, 1.165) is 55.5 Å². The molecule has 256 valence electrons. The highest BCUT2D eigenvalue weighted by molar-refractivity contribution is 7.44. The predicted molar refractivity (Wildman–Crippen MR) is 180 cm³/mol. The van der Waals surface area contributed by atoms with E-state index in [0.29, 0.717) is 41.9 Å². The van der Waals surface area contributed by atoms with Gasteiger partial charge in [-0.05, 0) is 75.3 Å². The molecular formula is C36H50N3O7P. The van der Waals surface area contributed by atoms with Crippen molar-refractivity contribution < 1.29 is 38.0 Å². The molecule has 1 heterocycles. The van der Waals surface area contributed by atoms with Crippen LogP contribution in [0, 0.1) is 0 Å². The summed E-state index contributed by atoms with van der Waals surface area (Å²) in [4.78, 5) is 34.0. The lowest BCUT2D eigenvalue weighted by Crippen LogP contribution is -2.53. The zero-order valence-electron chi connectivity index (χ0n) is 27.8. The number of phosphoric ester groups is 1. The lowest BCUT2D eigenvalue weighted by atomic mass is 9.71. The van der Waals surface area contributed by atoms with E-state index in [4.69, 9.17) is 15.4 Å². The number of rotatable bonds is 15. The molecule has 11 heteroatoms. The number of quaternary nitrogens is 1. The predicted octanol–water partition coefficient (Wildman–Crippen LogP) is 4.67. The number of hydrogen-bond donors (Lipinski definition) is 4. The van der Waals surface area contributed by atoms with Gasteiger partial charge in [0.15, 0.2) is 6.79 Å². The van der Waals surface area contributed by atoms with Crippen molar-refractivity contribution in [2.24, 2.45) is 5.73 Å². The fourth-order valence-electron chi connectivity index (χ4n) is 6.64. The lowest BCUT2D eigenvalue weighted by molar-refractivity contribution is -0.940. The number of primary amides is 1. The average Bonchev–Trinajstić information content (AvgIpc) is 3.26. The van der Waals surface area contributed by atoms with Crippen molar-refractivity contribution in [3.63, 3.8) is 0 Å². The summed E-state index contributed by atoms with van der Waals surface area (Å²) >= 11 is 0. The molecule has 1 fully saturated rings. The summed E-state index contributed by atoms with van der Waals surface area (Å²) in [5, 5.41) is 14.5. The zero-order chi connectivity index (χ0) is 34.1. The van der Waals surface area contributed by atoms with Crippen molar-refractivity contribution in [3.05, 3.63) is 101 Å². The topological polar surface area (TPSA) is 154 Å². The summed E-state index contributed by atoms with van der Waals surface area (Å²) in [5.41, 5.74) is 8.22. The number of nitrogens with two attached hydrogens (primary N) is 1. The van der Waals surface area contributed by atoms with Crippen LogP contribution in [-0.4, -0.2) is 58.9 Å². The maximum Gasteiger partial charge on any atom is 0.268 e. The van der Waals surface area contributed by atoms with Crippen molar-refractivity contribution in [2.45, 2.75) is 76.5 Å². The van der Waals surface area contributed by atoms with Gasteiger partial charge < -0.3 is 35.2 Å². The van der Waals surface area contributed by atoms with Crippen molar-refractivity contribution >= 4 is 13.7 Å².